The third-order valence-corrected chi connectivity index (χ3v) is 5.53. The van der Waals surface area contributed by atoms with Crippen molar-refractivity contribution in [1.82, 2.24) is 4.90 Å². The van der Waals surface area contributed by atoms with Crippen LogP contribution in [0.4, 0.5) is 0 Å². The molecule has 0 aliphatic carbocycles. The molecule has 0 N–H and O–H groups in total. The molecule has 0 saturated carbocycles. The summed E-state index contributed by atoms with van der Waals surface area (Å²) in [5, 5.41) is 0. The summed E-state index contributed by atoms with van der Waals surface area (Å²) >= 11 is 0. The maximum Gasteiger partial charge on any atom is 0.310 e. The van der Waals surface area contributed by atoms with E-state index in [0.29, 0.717) is 18.0 Å². The summed E-state index contributed by atoms with van der Waals surface area (Å²) in [5.41, 5.74) is 2.64. The Bertz CT molecular complexity index is 580. The minimum atomic E-state index is -0.0194. The molecule has 3 heteroatoms. The van der Waals surface area contributed by atoms with Gasteiger partial charge in [-0.1, -0.05) is 42.0 Å². The Morgan fingerprint density at radius 3 is 2.86 bits per heavy atom. The van der Waals surface area contributed by atoms with Crippen LogP contribution in [0.3, 0.4) is 0 Å². The highest BCUT2D eigenvalue weighted by Crippen LogP contribution is 2.50. The summed E-state index contributed by atoms with van der Waals surface area (Å²) in [6.45, 7) is 1.03. The second-order valence-electron chi connectivity index (χ2n) is 6.49. The predicted octanol–water partition coefficient (Wildman–Crippen LogP) is 2.73. The van der Waals surface area contributed by atoms with E-state index in [1.165, 1.54) is 24.7 Å². The number of ether oxygens (including phenoxy) is 1. The average molecular weight is 283 g/mol. The van der Waals surface area contributed by atoms with Gasteiger partial charge in [0.25, 0.3) is 0 Å². The molecule has 1 unspecified atom stereocenters. The van der Waals surface area contributed by atoms with Crippen LogP contribution < -0.4 is 0 Å². The average Bonchev–Trinajstić information content (AvgIpc) is 2.83. The lowest BCUT2D eigenvalue weighted by Crippen LogP contribution is -2.58. The molecule has 3 nitrogen and oxygen atoms in total. The third-order valence-electron chi connectivity index (χ3n) is 5.53. The first kappa shape index (κ1) is 13.1. The summed E-state index contributed by atoms with van der Waals surface area (Å²) in [5.74, 6) is 0.395. The van der Waals surface area contributed by atoms with Gasteiger partial charge in [-0.15, -0.1) is 0 Å². The van der Waals surface area contributed by atoms with Gasteiger partial charge >= 0.3 is 5.97 Å². The molecule has 0 amide bonds. The molecular weight excluding hydrogens is 262 g/mol. The monoisotopic (exact) mass is 283 g/mol. The second-order valence-corrected chi connectivity index (χ2v) is 6.49. The van der Waals surface area contributed by atoms with Gasteiger partial charge in [0, 0.05) is 18.6 Å². The topological polar surface area (TPSA) is 29.5 Å². The number of hydrogen-bond donors (Lipinski definition) is 0. The molecular formula is C18H21NO2. The molecule has 4 heterocycles. The number of rotatable bonds is 2. The van der Waals surface area contributed by atoms with Crippen LogP contribution in [0, 0.1) is 11.8 Å². The Balaban J connectivity index is 1.69. The Kier molecular flexibility index (Phi) is 3.11. The SMILES string of the molecule is COC(=O)[C@@H]1[C@@H]2C[C@@H]3CC[C@H]1N3C/C2=C\c1ccccc1. The zero-order chi connectivity index (χ0) is 14.4. The molecule has 4 bridgehead atoms. The molecule has 110 valence electrons. The van der Waals surface area contributed by atoms with E-state index < -0.39 is 0 Å². The quantitative estimate of drug-likeness (QED) is 0.782. The Labute approximate surface area is 125 Å². The van der Waals surface area contributed by atoms with E-state index in [1.54, 1.807) is 0 Å². The first-order valence-corrected chi connectivity index (χ1v) is 7.87. The van der Waals surface area contributed by atoms with Crippen molar-refractivity contribution in [2.45, 2.75) is 31.3 Å². The molecule has 0 radical (unpaired) electrons. The van der Waals surface area contributed by atoms with Gasteiger partial charge in [0.05, 0.1) is 13.0 Å². The fourth-order valence-corrected chi connectivity index (χ4v) is 4.64. The molecule has 5 atom stereocenters. The summed E-state index contributed by atoms with van der Waals surface area (Å²) in [6.07, 6.45) is 5.80. The van der Waals surface area contributed by atoms with Crippen LogP contribution in [0.5, 0.6) is 0 Å². The van der Waals surface area contributed by atoms with Gasteiger partial charge < -0.3 is 4.74 Å². The standard InChI is InChI=1S/C18H21NO2/c1-21-18(20)17-15-10-14-7-8-16(17)19(14)11-13(15)9-12-5-3-2-4-6-12/h2-6,9,14-17H,7-8,10-11H2,1H3/b13-9+/t14-,15+,16+,17+/m0/s1. The van der Waals surface area contributed by atoms with Gasteiger partial charge in [-0.25, -0.2) is 0 Å². The van der Waals surface area contributed by atoms with Crippen LogP contribution in [0.25, 0.3) is 6.08 Å². The van der Waals surface area contributed by atoms with Gasteiger partial charge in [0.1, 0.15) is 0 Å². The fraction of sp³-hybridized carbons (Fsp3) is 0.500. The number of esters is 1. The molecule has 0 aromatic heterocycles. The minimum Gasteiger partial charge on any atom is -0.469 e. The second kappa shape index (κ2) is 4.99. The zero-order valence-corrected chi connectivity index (χ0v) is 12.4. The molecule has 21 heavy (non-hydrogen) atoms. The van der Waals surface area contributed by atoms with Crippen LogP contribution in [0.1, 0.15) is 24.8 Å². The van der Waals surface area contributed by atoms with Crippen molar-refractivity contribution in [3.05, 3.63) is 41.5 Å². The molecule has 1 aromatic carbocycles. The summed E-state index contributed by atoms with van der Waals surface area (Å²) < 4.78 is 5.10. The lowest BCUT2D eigenvalue weighted by molar-refractivity contribution is -0.153. The number of hydrogen-bond acceptors (Lipinski definition) is 3. The van der Waals surface area contributed by atoms with Crippen molar-refractivity contribution < 1.29 is 9.53 Å². The lowest BCUT2D eigenvalue weighted by atomic mass is 9.71. The van der Waals surface area contributed by atoms with Crippen LogP contribution in [0.2, 0.25) is 0 Å². The normalized spacial score (nSPS) is 38.7. The van der Waals surface area contributed by atoms with Gasteiger partial charge in [-0.2, -0.15) is 0 Å². The highest BCUT2D eigenvalue weighted by molar-refractivity contribution is 5.75. The Morgan fingerprint density at radius 1 is 1.29 bits per heavy atom. The van der Waals surface area contributed by atoms with Gasteiger partial charge in [0.15, 0.2) is 0 Å². The van der Waals surface area contributed by atoms with Crippen molar-refractivity contribution >= 4 is 12.0 Å². The van der Waals surface area contributed by atoms with Crippen LogP contribution >= 0.6 is 0 Å². The smallest absolute Gasteiger partial charge is 0.310 e. The first-order valence-electron chi connectivity index (χ1n) is 7.87. The summed E-state index contributed by atoms with van der Waals surface area (Å²) in [6, 6.07) is 11.5. The molecule has 4 saturated heterocycles. The van der Waals surface area contributed by atoms with Gasteiger partial charge in [0.2, 0.25) is 0 Å². The van der Waals surface area contributed by atoms with Gasteiger partial charge in [-0.05, 0) is 30.7 Å². The van der Waals surface area contributed by atoms with Crippen LogP contribution in [-0.2, 0) is 9.53 Å². The molecule has 4 fully saturated rings. The molecule has 1 aromatic rings. The van der Waals surface area contributed by atoms with E-state index in [-0.39, 0.29) is 11.9 Å². The van der Waals surface area contributed by atoms with Crippen molar-refractivity contribution in [2.75, 3.05) is 13.7 Å². The number of methoxy groups -OCH3 is 1. The van der Waals surface area contributed by atoms with E-state index in [0.717, 1.165) is 19.4 Å². The third kappa shape index (κ3) is 2.03. The Morgan fingerprint density at radius 2 is 2.10 bits per heavy atom. The van der Waals surface area contributed by atoms with Crippen molar-refractivity contribution in [3.63, 3.8) is 0 Å². The molecule has 4 aliphatic rings. The molecule has 5 rings (SSSR count). The van der Waals surface area contributed by atoms with E-state index in [1.807, 2.05) is 6.07 Å². The maximum absolute atomic E-state index is 12.3. The summed E-state index contributed by atoms with van der Waals surface area (Å²) in [7, 11) is 1.52. The van der Waals surface area contributed by atoms with E-state index in [4.69, 9.17) is 4.74 Å². The lowest BCUT2D eigenvalue weighted by Gasteiger charge is -2.50. The number of fused-ring (bicyclic) bond motifs is 1. The van der Waals surface area contributed by atoms with Gasteiger partial charge in [-0.3, -0.25) is 9.69 Å². The van der Waals surface area contributed by atoms with Crippen LogP contribution in [0.15, 0.2) is 35.9 Å². The number of piperidine rings is 3. The number of carbonyl (C=O) groups is 1. The number of carbonyl (C=O) groups excluding carboxylic acids is 1. The van der Waals surface area contributed by atoms with Crippen molar-refractivity contribution in [2.24, 2.45) is 11.8 Å². The van der Waals surface area contributed by atoms with Crippen molar-refractivity contribution in [3.8, 4) is 0 Å². The van der Waals surface area contributed by atoms with Crippen LogP contribution in [-0.4, -0.2) is 36.6 Å². The number of benzene rings is 1. The minimum absolute atomic E-state index is 0.0194. The predicted molar refractivity (Wildman–Crippen MR) is 81.5 cm³/mol. The number of nitrogens with zero attached hydrogens (tertiary/aromatic N) is 1. The summed E-state index contributed by atoms with van der Waals surface area (Å²) in [4.78, 5) is 14.8. The highest BCUT2D eigenvalue weighted by Gasteiger charge is 2.55. The first-order chi connectivity index (χ1) is 10.3. The fourth-order valence-electron chi connectivity index (χ4n) is 4.64. The van der Waals surface area contributed by atoms with E-state index in [9.17, 15) is 4.79 Å². The highest BCUT2D eigenvalue weighted by atomic mass is 16.5. The van der Waals surface area contributed by atoms with E-state index >= 15 is 0 Å². The zero-order valence-electron chi connectivity index (χ0n) is 12.4. The molecule has 0 spiro atoms. The largest absolute Gasteiger partial charge is 0.469 e. The van der Waals surface area contributed by atoms with E-state index in [2.05, 4.69) is 35.2 Å². The maximum atomic E-state index is 12.3. The Hall–Kier alpha value is -1.61. The van der Waals surface area contributed by atoms with Crippen molar-refractivity contribution in [1.29, 1.82) is 0 Å². The molecule has 4 aliphatic heterocycles.